The number of rotatable bonds is 2. The van der Waals surface area contributed by atoms with Gasteiger partial charge < -0.3 is 15.0 Å². The lowest BCUT2D eigenvalue weighted by Crippen LogP contribution is -2.37. The second-order valence-corrected chi connectivity index (χ2v) is 7.28. The first-order valence-electron chi connectivity index (χ1n) is 8.37. The minimum atomic E-state index is -0.0706. The van der Waals surface area contributed by atoms with Crippen LogP contribution in [0, 0.1) is 0 Å². The highest BCUT2D eigenvalue weighted by Gasteiger charge is 2.41. The number of benzene rings is 1. The van der Waals surface area contributed by atoms with E-state index in [4.69, 9.17) is 16.3 Å². The average Bonchev–Trinajstić information content (AvgIpc) is 3.12. The summed E-state index contributed by atoms with van der Waals surface area (Å²) in [6, 6.07) is 7.53. The normalized spacial score (nSPS) is 23.4. The Balaban J connectivity index is 1.45. The van der Waals surface area contributed by atoms with Crippen molar-refractivity contribution in [1.82, 2.24) is 10.3 Å². The number of carbonyl (C=O) groups is 1. The van der Waals surface area contributed by atoms with Crippen LogP contribution in [0.2, 0.25) is 5.02 Å². The van der Waals surface area contributed by atoms with E-state index >= 15 is 0 Å². The third kappa shape index (κ3) is 2.98. The van der Waals surface area contributed by atoms with Gasteiger partial charge in [-0.2, -0.15) is 0 Å². The molecule has 0 unspecified atom stereocenters. The summed E-state index contributed by atoms with van der Waals surface area (Å²) in [5.74, 6) is -0.0706. The van der Waals surface area contributed by atoms with Crippen molar-refractivity contribution >= 4 is 28.4 Å². The summed E-state index contributed by atoms with van der Waals surface area (Å²) in [6.45, 7) is 0.623. The number of H-pyrrole nitrogens is 1. The van der Waals surface area contributed by atoms with Crippen LogP contribution in [-0.4, -0.2) is 29.1 Å². The lowest BCUT2D eigenvalue weighted by Gasteiger charge is -2.32. The zero-order valence-corrected chi connectivity index (χ0v) is 13.8. The second-order valence-electron chi connectivity index (χ2n) is 6.84. The molecule has 1 aliphatic heterocycles. The van der Waals surface area contributed by atoms with E-state index in [1.165, 1.54) is 19.3 Å². The molecule has 122 valence electrons. The Hall–Kier alpha value is -1.52. The Morgan fingerprint density at radius 1 is 1.26 bits per heavy atom. The number of aromatic amines is 1. The molecule has 5 heteroatoms. The first-order valence-corrected chi connectivity index (χ1v) is 8.75. The average molecular weight is 333 g/mol. The molecule has 4 nitrogen and oxygen atoms in total. The fourth-order valence-corrected chi connectivity index (χ4v) is 4.15. The number of hydrogen-bond acceptors (Lipinski definition) is 2. The zero-order valence-electron chi connectivity index (χ0n) is 13.0. The van der Waals surface area contributed by atoms with Gasteiger partial charge in [0.2, 0.25) is 0 Å². The van der Waals surface area contributed by atoms with E-state index in [-0.39, 0.29) is 17.6 Å². The summed E-state index contributed by atoms with van der Waals surface area (Å²) >= 11 is 6.00. The zero-order chi connectivity index (χ0) is 15.9. The van der Waals surface area contributed by atoms with Gasteiger partial charge in [0, 0.05) is 15.9 Å². The van der Waals surface area contributed by atoms with Gasteiger partial charge in [0.15, 0.2) is 0 Å². The standard InChI is InChI=1S/C18H21ClN2O2/c19-13-4-5-15-12(8-13)9-16(21-15)17(22)20-14-10-18(23-11-14)6-2-1-3-7-18/h4-5,8-9,14,21H,1-3,6-7,10-11H2,(H,20,22)/t14-/m0/s1. The van der Waals surface area contributed by atoms with Crippen LogP contribution in [-0.2, 0) is 4.74 Å². The van der Waals surface area contributed by atoms with E-state index in [0.717, 1.165) is 30.2 Å². The van der Waals surface area contributed by atoms with Crippen LogP contribution >= 0.6 is 11.6 Å². The molecule has 1 saturated carbocycles. The molecule has 1 spiro atoms. The third-order valence-electron chi connectivity index (χ3n) is 5.14. The van der Waals surface area contributed by atoms with Crippen LogP contribution in [0.15, 0.2) is 24.3 Å². The minimum Gasteiger partial charge on any atom is -0.373 e. The van der Waals surface area contributed by atoms with Gasteiger partial charge in [0.05, 0.1) is 18.2 Å². The van der Waals surface area contributed by atoms with Crippen molar-refractivity contribution < 1.29 is 9.53 Å². The molecule has 0 radical (unpaired) electrons. The molecule has 1 saturated heterocycles. The van der Waals surface area contributed by atoms with Gasteiger partial charge in [0.1, 0.15) is 5.69 Å². The van der Waals surface area contributed by atoms with Crippen molar-refractivity contribution in [2.75, 3.05) is 6.61 Å². The highest BCUT2D eigenvalue weighted by Crippen LogP contribution is 2.39. The maximum absolute atomic E-state index is 12.5. The topological polar surface area (TPSA) is 54.1 Å². The summed E-state index contributed by atoms with van der Waals surface area (Å²) in [4.78, 5) is 15.7. The Morgan fingerprint density at radius 2 is 2.09 bits per heavy atom. The predicted octanol–water partition coefficient (Wildman–Crippen LogP) is 4.04. The maximum Gasteiger partial charge on any atom is 0.268 e. The van der Waals surface area contributed by atoms with Crippen LogP contribution < -0.4 is 5.32 Å². The lowest BCUT2D eigenvalue weighted by atomic mass is 9.82. The van der Waals surface area contributed by atoms with Gasteiger partial charge in [0.25, 0.3) is 5.91 Å². The van der Waals surface area contributed by atoms with Crippen molar-refractivity contribution in [2.24, 2.45) is 0 Å². The molecule has 1 amide bonds. The van der Waals surface area contributed by atoms with Crippen LogP contribution in [0.1, 0.15) is 49.0 Å². The Kier molecular flexibility index (Phi) is 3.82. The van der Waals surface area contributed by atoms with Crippen LogP contribution in [0.5, 0.6) is 0 Å². The third-order valence-corrected chi connectivity index (χ3v) is 5.37. The maximum atomic E-state index is 12.5. The van der Waals surface area contributed by atoms with Crippen molar-refractivity contribution in [2.45, 2.75) is 50.2 Å². The monoisotopic (exact) mass is 332 g/mol. The Morgan fingerprint density at radius 3 is 2.91 bits per heavy atom. The number of fused-ring (bicyclic) bond motifs is 1. The van der Waals surface area contributed by atoms with Crippen molar-refractivity contribution in [3.05, 3.63) is 35.0 Å². The van der Waals surface area contributed by atoms with Gasteiger partial charge in [-0.25, -0.2) is 0 Å². The van der Waals surface area contributed by atoms with Crippen molar-refractivity contribution in [3.63, 3.8) is 0 Å². The molecule has 0 bridgehead atoms. The fraction of sp³-hybridized carbons (Fsp3) is 0.500. The molecule has 4 rings (SSSR count). The molecule has 2 aromatic rings. The van der Waals surface area contributed by atoms with Crippen LogP contribution in [0.3, 0.4) is 0 Å². The summed E-state index contributed by atoms with van der Waals surface area (Å²) in [5, 5.41) is 4.74. The quantitative estimate of drug-likeness (QED) is 0.872. The highest BCUT2D eigenvalue weighted by molar-refractivity contribution is 6.31. The molecule has 2 aliphatic rings. The summed E-state index contributed by atoms with van der Waals surface area (Å²) < 4.78 is 6.06. The van der Waals surface area contributed by atoms with E-state index in [9.17, 15) is 4.79 Å². The number of amides is 1. The van der Waals surface area contributed by atoms with Gasteiger partial charge in [-0.3, -0.25) is 4.79 Å². The molecule has 1 aliphatic carbocycles. The summed E-state index contributed by atoms with van der Waals surface area (Å²) in [7, 11) is 0. The molecule has 2 heterocycles. The number of hydrogen-bond donors (Lipinski definition) is 2. The van der Waals surface area contributed by atoms with E-state index in [1.54, 1.807) is 0 Å². The smallest absolute Gasteiger partial charge is 0.268 e. The molecular formula is C18H21ClN2O2. The minimum absolute atomic E-state index is 0.0180. The number of carbonyl (C=O) groups excluding carboxylic acids is 1. The van der Waals surface area contributed by atoms with E-state index in [2.05, 4.69) is 10.3 Å². The molecular weight excluding hydrogens is 312 g/mol. The van der Waals surface area contributed by atoms with Crippen molar-refractivity contribution in [1.29, 1.82) is 0 Å². The second kappa shape index (κ2) is 5.84. The van der Waals surface area contributed by atoms with Gasteiger partial charge in [-0.1, -0.05) is 30.9 Å². The first kappa shape index (κ1) is 15.0. The molecule has 23 heavy (non-hydrogen) atoms. The van der Waals surface area contributed by atoms with E-state index in [0.29, 0.717) is 17.3 Å². The van der Waals surface area contributed by atoms with Crippen LogP contribution in [0.4, 0.5) is 0 Å². The van der Waals surface area contributed by atoms with E-state index in [1.807, 2.05) is 24.3 Å². The molecule has 1 atom stereocenters. The predicted molar refractivity (Wildman–Crippen MR) is 90.9 cm³/mol. The lowest BCUT2D eigenvalue weighted by molar-refractivity contribution is -0.0246. The van der Waals surface area contributed by atoms with Gasteiger partial charge in [-0.15, -0.1) is 0 Å². The number of nitrogens with one attached hydrogen (secondary N) is 2. The molecule has 1 aromatic carbocycles. The Bertz CT molecular complexity index is 734. The highest BCUT2D eigenvalue weighted by atomic mass is 35.5. The number of halogens is 1. The summed E-state index contributed by atoms with van der Waals surface area (Å²) in [6.07, 6.45) is 6.98. The Labute approximate surface area is 140 Å². The number of aromatic nitrogens is 1. The van der Waals surface area contributed by atoms with Gasteiger partial charge >= 0.3 is 0 Å². The molecule has 2 N–H and O–H groups in total. The number of ether oxygens (including phenoxy) is 1. The largest absolute Gasteiger partial charge is 0.373 e. The SMILES string of the molecule is O=C(N[C@@H]1COC2(CCCCC2)C1)c1cc2cc(Cl)ccc2[nH]1. The van der Waals surface area contributed by atoms with Crippen molar-refractivity contribution in [3.8, 4) is 0 Å². The first-order chi connectivity index (χ1) is 11.1. The fourth-order valence-electron chi connectivity index (χ4n) is 3.97. The van der Waals surface area contributed by atoms with Gasteiger partial charge in [-0.05, 0) is 43.5 Å². The van der Waals surface area contributed by atoms with Crippen LogP contribution in [0.25, 0.3) is 10.9 Å². The molecule has 2 fully saturated rings. The summed E-state index contributed by atoms with van der Waals surface area (Å²) in [5.41, 5.74) is 1.52. The molecule has 1 aromatic heterocycles. The van der Waals surface area contributed by atoms with E-state index < -0.39 is 0 Å².